The molecule has 1 amide bonds. The minimum atomic E-state index is 0.295. The maximum atomic E-state index is 12.4. The van der Waals surface area contributed by atoms with Gasteiger partial charge in [-0.2, -0.15) is 0 Å². The summed E-state index contributed by atoms with van der Waals surface area (Å²) >= 11 is 1.73. The van der Waals surface area contributed by atoms with Crippen LogP contribution in [-0.4, -0.2) is 41.6 Å². The fourth-order valence-corrected chi connectivity index (χ4v) is 4.21. The van der Waals surface area contributed by atoms with Crippen molar-refractivity contribution in [3.05, 3.63) is 16.1 Å². The lowest BCUT2D eigenvalue weighted by Gasteiger charge is -2.32. The number of likely N-dealkylation sites (tertiary alicyclic amines) is 1. The van der Waals surface area contributed by atoms with E-state index in [0.29, 0.717) is 24.3 Å². The standard InChI is InChI=1S/C16H24N2O2S/c1-12-11-21-16(17-12)13-4-2-8-18(10-13)15(19)7-6-14-5-3-9-20-14/h11,13-14H,2-10H2,1H3/t13-,14+/m0/s1. The Hall–Kier alpha value is -0.940. The van der Waals surface area contributed by atoms with Gasteiger partial charge in [0.2, 0.25) is 5.91 Å². The first-order valence-corrected chi connectivity index (χ1v) is 8.92. The van der Waals surface area contributed by atoms with Crippen LogP contribution in [0.1, 0.15) is 55.1 Å². The number of piperidine rings is 1. The van der Waals surface area contributed by atoms with Gasteiger partial charge in [0.1, 0.15) is 0 Å². The molecule has 2 atom stereocenters. The normalized spacial score (nSPS) is 26.2. The molecule has 3 rings (SSSR count). The molecule has 1 aromatic rings. The van der Waals surface area contributed by atoms with Crippen molar-refractivity contribution in [2.45, 2.75) is 57.5 Å². The summed E-state index contributed by atoms with van der Waals surface area (Å²) in [6.07, 6.45) is 6.35. The van der Waals surface area contributed by atoms with Gasteiger partial charge in [0.25, 0.3) is 0 Å². The number of ether oxygens (including phenoxy) is 1. The number of thiazole rings is 1. The van der Waals surface area contributed by atoms with Crippen LogP contribution in [0.5, 0.6) is 0 Å². The smallest absolute Gasteiger partial charge is 0.222 e. The van der Waals surface area contributed by atoms with Crippen molar-refractivity contribution < 1.29 is 9.53 Å². The molecule has 4 nitrogen and oxygen atoms in total. The maximum absolute atomic E-state index is 12.4. The summed E-state index contributed by atoms with van der Waals surface area (Å²) in [6.45, 7) is 4.66. The van der Waals surface area contributed by atoms with Crippen LogP contribution >= 0.6 is 11.3 Å². The van der Waals surface area contributed by atoms with Gasteiger partial charge < -0.3 is 9.64 Å². The second-order valence-electron chi connectivity index (χ2n) is 6.18. The number of rotatable bonds is 4. The van der Waals surface area contributed by atoms with Crippen LogP contribution in [-0.2, 0) is 9.53 Å². The molecule has 3 heterocycles. The molecule has 0 bridgehead atoms. The van der Waals surface area contributed by atoms with Crippen LogP contribution < -0.4 is 0 Å². The molecule has 5 heteroatoms. The Bertz CT molecular complexity index is 482. The van der Waals surface area contributed by atoms with Crippen LogP contribution in [0.2, 0.25) is 0 Å². The van der Waals surface area contributed by atoms with E-state index >= 15 is 0 Å². The monoisotopic (exact) mass is 308 g/mol. The summed E-state index contributed by atoms with van der Waals surface area (Å²) in [5.41, 5.74) is 1.09. The molecule has 2 aliphatic rings. The van der Waals surface area contributed by atoms with Gasteiger partial charge >= 0.3 is 0 Å². The zero-order valence-corrected chi connectivity index (χ0v) is 13.5. The Morgan fingerprint density at radius 1 is 1.48 bits per heavy atom. The van der Waals surface area contributed by atoms with Crippen molar-refractivity contribution >= 4 is 17.2 Å². The maximum Gasteiger partial charge on any atom is 0.222 e. The molecular formula is C16H24N2O2S. The molecule has 2 aliphatic heterocycles. The van der Waals surface area contributed by atoms with Crippen LogP contribution in [0, 0.1) is 6.92 Å². The van der Waals surface area contributed by atoms with Crippen molar-refractivity contribution in [1.82, 2.24) is 9.88 Å². The summed E-state index contributed by atoms with van der Waals surface area (Å²) in [5, 5.41) is 3.30. The van der Waals surface area contributed by atoms with E-state index in [1.165, 1.54) is 5.01 Å². The Morgan fingerprint density at radius 3 is 3.10 bits per heavy atom. The highest BCUT2D eigenvalue weighted by Gasteiger charge is 2.27. The SMILES string of the molecule is Cc1csc([C@H]2CCCN(C(=O)CC[C@H]3CCCO3)C2)n1. The quantitative estimate of drug-likeness (QED) is 0.858. The molecule has 21 heavy (non-hydrogen) atoms. The minimum absolute atomic E-state index is 0.295. The highest BCUT2D eigenvalue weighted by molar-refractivity contribution is 7.09. The second kappa shape index (κ2) is 6.88. The molecule has 1 aromatic heterocycles. The number of hydrogen-bond donors (Lipinski definition) is 0. The highest BCUT2D eigenvalue weighted by atomic mass is 32.1. The average molecular weight is 308 g/mol. The number of aryl methyl sites for hydroxylation is 1. The molecule has 0 saturated carbocycles. The van der Waals surface area contributed by atoms with Gasteiger partial charge in [-0.3, -0.25) is 4.79 Å². The Labute approximate surface area is 130 Å². The number of aromatic nitrogens is 1. The van der Waals surface area contributed by atoms with Crippen molar-refractivity contribution in [2.24, 2.45) is 0 Å². The zero-order chi connectivity index (χ0) is 14.7. The lowest BCUT2D eigenvalue weighted by Crippen LogP contribution is -2.39. The summed E-state index contributed by atoms with van der Waals surface area (Å²) in [4.78, 5) is 19.0. The summed E-state index contributed by atoms with van der Waals surface area (Å²) < 4.78 is 5.60. The number of nitrogens with zero attached hydrogens (tertiary/aromatic N) is 2. The third kappa shape index (κ3) is 3.83. The molecule has 0 aromatic carbocycles. The van der Waals surface area contributed by atoms with Crippen molar-refractivity contribution in [2.75, 3.05) is 19.7 Å². The number of carbonyl (C=O) groups excluding carboxylic acids is 1. The van der Waals surface area contributed by atoms with Crippen LogP contribution in [0.15, 0.2) is 5.38 Å². The van der Waals surface area contributed by atoms with E-state index in [1.54, 1.807) is 11.3 Å². The van der Waals surface area contributed by atoms with E-state index in [-0.39, 0.29) is 0 Å². The third-order valence-electron chi connectivity index (χ3n) is 4.46. The van der Waals surface area contributed by atoms with E-state index in [0.717, 1.165) is 57.5 Å². The van der Waals surface area contributed by atoms with Gasteiger partial charge in [-0.05, 0) is 39.0 Å². The molecule has 2 saturated heterocycles. The van der Waals surface area contributed by atoms with Gasteiger partial charge in [-0.25, -0.2) is 4.98 Å². The van der Waals surface area contributed by atoms with Gasteiger partial charge in [0.15, 0.2) is 0 Å². The second-order valence-corrected chi connectivity index (χ2v) is 7.07. The number of amides is 1. The molecule has 0 radical (unpaired) electrons. The number of carbonyl (C=O) groups is 1. The number of hydrogen-bond acceptors (Lipinski definition) is 4. The Morgan fingerprint density at radius 2 is 2.38 bits per heavy atom. The first kappa shape index (κ1) is 15.0. The van der Waals surface area contributed by atoms with E-state index in [9.17, 15) is 4.79 Å². The lowest BCUT2D eigenvalue weighted by molar-refractivity contribution is -0.133. The van der Waals surface area contributed by atoms with Crippen LogP contribution in [0.3, 0.4) is 0 Å². The molecule has 0 unspecified atom stereocenters. The molecular weight excluding hydrogens is 284 g/mol. The Kier molecular flexibility index (Phi) is 4.91. The molecule has 2 fully saturated rings. The first-order chi connectivity index (χ1) is 10.2. The molecule has 116 valence electrons. The summed E-state index contributed by atoms with van der Waals surface area (Å²) in [7, 11) is 0. The van der Waals surface area contributed by atoms with Crippen molar-refractivity contribution in [3.8, 4) is 0 Å². The molecule has 0 N–H and O–H groups in total. The topological polar surface area (TPSA) is 42.4 Å². The minimum Gasteiger partial charge on any atom is -0.378 e. The largest absolute Gasteiger partial charge is 0.378 e. The fourth-order valence-electron chi connectivity index (χ4n) is 3.28. The van der Waals surface area contributed by atoms with Gasteiger partial charge in [-0.1, -0.05) is 0 Å². The summed E-state index contributed by atoms with van der Waals surface area (Å²) in [5.74, 6) is 0.729. The lowest BCUT2D eigenvalue weighted by atomic mass is 9.98. The third-order valence-corrected chi connectivity index (χ3v) is 5.59. The predicted molar refractivity (Wildman–Crippen MR) is 83.6 cm³/mol. The molecule has 0 spiro atoms. The first-order valence-electron chi connectivity index (χ1n) is 8.04. The molecule has 0 aliphatic carbocycles. The average Bonchev–Trinajstić information content (AvgIpc) is 3.16. The van der Waals surface area contributed by atoms with E-state index in [4.69, 9.17) is 4.74 Å². The van der Waals surface area contributed by atoms with E-state index in [1.807, 2.05) is 11.8 Å². The fraction of sp³-hybridized carbons (Fsp3) is 0.750. The predicted octanol–water partition coefficient (Wildman–Crippen LogP) is 3.12. The van der Waals surface area contributed by atoms with Crippen LogP contribution in [0.25, 0.3) is 0 Å². The van der Waals surface area contributed by atoms with E-state index < -0.39 is 0 Å². The van der Waals surface area contributed by atoms with Crippen molar-refractivity contribution in [3.63, 3.8) is 0 Å². The summed E-state index contributed by atoms with van der Waals surface area (Å²) in [6, 6.07) is 0. The van der Waals surface area contributed by atoms with Gasteiger partial charge in [-0.15, -0.1) is 11.3 Å². The highest BCUT2D eigenvalue weighted by Crippen LogP contribution is 2.29. The van der Waals surface area contributed by atoms with E-state index in [2.05, 4.69) is 10.4 Å². The van der Waals surface area contributed by atoms with Crippen molar-refractivity contribution in [1.29, 1.82) is 0 Å². The van der Waals surface area contributed by atoms with Gasteiger partial charge in [0.05, 0.1) is 11.1 Å². The van der Waals surface area contributed by atoms with Crippen LogP contribution in [0.4, 0.5) is 0 Å². The van der Waals surface area contributed by atoms with Gasteiger partial charge in [0, 0.05) is 43.1 Å². The zero-order valence-electron chi connectivity index (χ0n) is 12.7. The Balaban J connectivity index is 1.51.